The van der Waals surface area contributed by atoms with E-state index in [4.69, 9.17) is 5.11 Å². The van der Waals surface area contributed by atoms with E-state index in [2.05, 4.69) is 10.6 Å². The van der Waals surface area contributed by atoms with Crippen molar-refractivity contribution < 1.29 is 24.3 Å². The number of carboxylic acids is 1. The summed E-state index contributed by atoms with van der Waals surface area (Å²) in [7, 11) is 3.19. The fourth-order valence-electron chi connectivity index (χ4n) is 1.68. The largest absolute Gasteiger partial charge is 0.480 e. The van der Waals surface area contributed by atoms with E-state index in [0.29, 0.717) is 0 Å². The summed E-state index contributed by atoms with van der Waals surface area (Å²) in [6.07, 6.45) is 0.108. The second-order valence-corrected chi connectivity index (χ2v) is 4.56. The SMILES string of the molecule is CN(C)C(=O)CCNC(=O)N1CC(=O)NCC1C(=O)O. The standard InChI is InChI=1S/C11H18N4O5/c1-14(2)9(17)3-4-12-11(20)15-6-8(16)13-5-7(15)10(18)19/h7H,3-6H2,1-2H3,(H,12,20)(H,13,16)(H,18,19). The molecular weight excluding hydrogens is 268 g/mol. The summed E-state index contributed by atoms with van der Waals surface area (Å²) in [4.78, 5) is 47.8. The van der Waals surface area contributed by atoms with E-state index in [-0.39, 0.29) is 32.0 Å². The number of carbonyl (C=O) groups is 4. The molecule has 1 atom stereocenters. The van der Waals surface area contributed by atoms with Crippen molar-refractivity contribution in [2.45, 2.75) is 12.5 Å². The number of aliphatic carboxylic acids is 1. The second kappa shape index (κ2) is 6.73. The molecule has 9 heteroatoms. The highest BCUT2D eigenvalue weighted by Gasteiger charge is 2.35. The van der Waals surface area contributed by atoms with Gasteiger partial charge in [0.2, 0.25) is 11.8 Å². The summed E-state index contributed by atoms with van der Waals surface area (Å²) >= 11 is 0. The summed E-state index contributed by atoms with van der Waals surface area (Å²) in [5.74, 6) is -1.76. The summed E-state index contributed by atoms with van der Waals surface area (Å²) in [5.41, 5.74) is 0. The number of carbonyl (C=O) groups excluding carboxylic acids is 3. The van der Waals surface area contributed by atoms with E-state index in [9.17, 15) is 19.2 Å². The number of hydrogen-bond donors (Lipinski definition) is 3. The molecule has 0 aromatic rings. The Morgan fingerprint density at radius 1 is 1.45 bits per heavy atom. The minimum atomic E-state index is -1.19. The Morgan fingerprint density at radius 3 is 2.65 bits per heavy atom. The van der Waals surface area contributed by atoms with Crippen molar-refractivity contribution in [2.75, 3.05) is 33.7 Å². The van der Waals surface area contributed by atoms with Crippen LogP contribution in [0.25, 0.3) is 0 Å². The second-order valence-electron chi connectivity index (χ2n) is 4.56. The molecule has 20 heavy (non-hydrogen) atoms. The number of amides is 4. The summed E-state index contributed by atoms with van der Waals surface area (Å²) in [6.45, 7) is -0.358. The molecule has 9 nitrogen and oxygen atoms in total. The van der Waals surface area contributed by atoms with Crippen molar-refractivity contribution in [3.63, 3.8) is 0 Å². The van der Waals surface area contributed by atoms with E-state index < -0.39 is 23.9 Å². The van der Waals surface area contributed by atoms with E-state index in [1.54, 1.807) is 14.1 Å². The molecule has 0 aromatic heterocycles. The molecule has 4 amide bonds. The topological polar surface area (TPSA) is 119 Å². The van der Waals surface area contributed by atoms with E-state index in [1.807, 2.05) is 0 Å². The third-order valence-corrected chi connectivity index (χ3v) is 2.84. The summed E-state index contributed by atoms with van der Waals surface area (Å²) in [5, 5.41) is 13.8. The van der Waals surface area contributed by atoms with Crippen LogP contribution in [0.5, 0.6) is 0 Å². The van der Waals surface area contributed by atoms with Crippen LogP contribution < -0.4 is 10.6 Å². The first-order valence-electron chi connectivity index (χ1n) is 6.07. The van der Waals surface area contributed by atoms with Crippen molar-refractivity contribution in [3.8, 4) is 0 Å². The van der Waals surface area contributed by atoms with Crippen molar-refractivity contribution in [1.82, 2.24) is 20.4 Å². The average Bonchev–Trinajstić information content (AvgIpc) is 2.37. The third kappa shape index (κ3) is 4.11. The molecule has 1 rings (SSSR count). The molecular formula is C11H18N4O5. The molecule has 1 fully saturated rings. The molecule has 1 heterocycles. The maximum Gasteiger partial charge on any atom is 0.328 e. The van der Waals surface area contributed by atoms with Gasteiger partial charge in [0.05, 0.1) is 0 Å². The maximum atomic E-state index is 11.9. The molecule has 1 aliphatic heterocycles. The highest BCUT2D eigenvalue weighted by atomic mass is 16.4. The molecule has 1 aliphatic rings. The van der Waals surface area contributed by atoms with Gasteiger partial charge in [0.15, 0.2) is 0 Å². The number of piperazine rings is 1. The first-order valence-corrected chi connectivity index (χ1v) is 6.07. The molecule has 0 aliphatic carbocycles. The van der Waals surface area contributed by atoms with Gasteiger partial charge in [0.25, 0.3) is 0 Å². The van der Waals surface area contributed by atoms with Gasteiger partial charge in [0, 0.05) is 33.6 Å². The normalized spacial score (nSPS) is 18.2. The molecule has 0 saturated carbocycles. The molecule has 1 saturated heterocycles. The van der Waals surface area contributed by atoms with Gasteiger partial charge in [-0.15, -0.1) is 0 Å². The zero-order chi connectivity index (χ0) is 15.3. The van der Waals surface area contributed by atoms with Crippen LogP contribution in [0.3, 0.4) is 0 Å². The van der Waals surface area contributed by atoms with Gasteiger partial charge in [-0.2, -0.15) is 0 Å². The van der Waals surface area contributed by atoms with Gasteiger partial charge in [-0.05, 0) is 0 Å². The van der Waals surface area contributed by atoms with Gasteiger partial charge >= 0.3 is 12.0 Å². The molecule has 0 aromatic carbocycles. The van der Waals surface area contributed by atoms with Gasteiger partial charge in [-0.3, -0.25) is 14.5 Å². The van der Waals surface area contributed by atoms with Gasteiger partial charge in [-0.25, -0.2) is 9.59 Å². The van der Waals surface area contributed by atoms with Crippen LogP contribution in [0.1, 0.15) is 6.42 Å². The van der Waals surface area contributed by atoms with E-state index >= 15 is 0 Å². The summed E-state index contributed by atoms with van der Waals surface area (Å²) in [6, 6.07) is -1.77. The molecule has 112 valence electrons. The lowest BCUT2D eigenvalue weighted by atomic mass is 10.2. The Labute approximate surface area is 115 Å². The van der Waals surface area contributed by atoms with Crippen molar-refractivity contribution >= 4 is 23.8 Å². The van der Waals surface area contributed by atoms with Gasteiger partial charge < -0.3 is 20.6 Å². The molecule has 1 unspecified atom stereocenters. The Bertz CT molecular complexity index is 423. The number of nitrogens with one attached hydrogen (secondary N) is 2. The zero-order valence-electron chi connectivity index (χ0n) is 11.4. The minimum absolute atomic E-state index is 0.0836. The number of nitrogens with zero attached hydrogens (tertiary/aromatic N) is 2. The number of carboxylic acid groups (broad SMARTS) is 1. The first-order chi connectivity index (χ1) is 9.32. The minimum Gasteiger partial charge on any atom is -0.480 e. The molecule has 3 N–H and O–H groups in total. The fraction of sp³-hybridized carbons (Fsp3) is 0.636. The molecule has 0 radical (unpaired) electrons. The Kier molecular flexibility index (Phi) is 5.30. The summed E-state index contributed by atoms with van der Waals surface area (Å²) < 4.78 is 0. The lowest BCUT2D eigenvalue weighted by molar-refractivity contribution is -0.144. The molecule has 0 bridgehead atoms. The van der Waals surface area contributed by atoms with Crippen LogP contribution in [-0.4, -0.2) is 78.5 Å². The number of hydrogen-bond acceptors (Lipinski definition) is 4. The Hall–Kier alpha value is -2.32. The quantitative estimate of drug-likeness (QED) is 0.555. The van der Waals surface area contributed by atoms with Gasteiger partial charge in [-0.1, -0.05) is 0 Å². The predicted octanol–water partition coefficient (Wildman–Crippen LogP) is -1.94. The van der Waals surface area contributed by atoms with Crippen molar-refractivity contribution in [1.29, 1.82) is 0 Å². The van der Waals surface area contributed by atoms with Crippen LogP contribution >= 0.6 is 0 Å². The van der Waals surface area contributed by atoms with Crippen LogP contribution in [0.4, 0.5) is 4.79 Å². The number of rotatable bonds is 4. The third-order valence-electron chi connectivity index (χ3n) is 2.84. The highest BCUT2D eigenvalue weighted by Crippen LogP contribution is 2.04. The Morgan fingerprint density at radius 2 is 2.10 bits per heavy atom. The lowest BCUT2D eigenvalue weighted by Gasteiger charge is -2.32. The maximum absolute atomic E-state index is 11.9. The smallest absolute Gasteiger partial charge is 0.328 e. The van der Waals surface area contributed by atoms with Crippen LogP contribution in [0, 0.1) is 0 Å². The van der Waals surface area contributed by atoms with Crippen molar-refractivity contribution in [2.24, 2.45) is 0 Å². The average molecular weight is 286 g/mol. The van der Waals surface area contributed by atoms with Crippen LogP contribution in [0.2, 0.25) is 0 Å². The number of urea groups is 1. The van der Waals surface area contributed by atoms with Crippen LogP contribution in [0.15, 0.2) is 0 Å². The lowest BCUT2D eigenvalue weighted by Crippen LogP contribution is -2.61. The van der Waals surface area contributed by atoms with E-state index in [1.165, 1.54) is 4.90 Å². The van der Waals surface area contributed by atoms with E-state index in [0.717, 1.165) is 4.90 Å². The van der Waals surface area contributed by atoms with Crippen LogP contribution in [-0.2, 0) is 14.4 Å². The monoisotopic (exact) mass is 286 g/mol. The predicted molar refractivity (Wildman–Crippen MR) is 67.8 cm³/mol. The Balaban J connectivity index is 2.53. The molecule has 0 spiro atoms. The fourth-order valence-corrected chi connectivity index (χ4v) is 1.68. The zero-order valence-corrected chi connectivity index (χ0v) is 11.4. The van der Waals surface area contributed by atoms with Crippen molar-refractivity contribution in [3.05, 3.63) is 0 Å². The first kappa shape index (κ1) is 15.7. The highest BCUT2D eigenvalue weighted by molar-refractivity contribution is 5.90. The van der Waals surface area contributed by atoms with Gasteiger partial charge in [0.1, 0.15) is 12.6 Å².